The van der Waals surface area contributed by atoms with E-state index in [9.17, 15) is 4.79 Å². The maximum atomic E-state index is 11.1. The van der Waals surface area contributed by atoms with Crippen molar-refractivity contribution in [1.29, 1.82) is 0 Å². The first kappa shape index (κ1) is 8.53. The maximum absolute atomic E-state index is 11.1. The van der Waals surface area contributed by atoms with Gasteiger partial charge in [0.15, 0.2) is 0 Å². The second kappa shape index (κ2) is 3.72. The van der Waals surface area contributed by atoms with E-state index in [-0.39, 0.29) is 11.9 Å². The molecule has 0 spiro atoms. The molecule has 1 rings (SSSR count). The summed E-state index contributed by atoms with van der Waals surface area (Å²) in [6, 6.07) is 0.267. The van der Waals surface area contributed by atoms with E-state index in [1.54, 1.807) is 0 Å². The van der Waals surface area contributed by atoms with Crippen LogP contribution in [0.4, 0.5) is 0 Å². The Morgan fingerprint density at radius 3 is 2.55 bits per heavy atom. The summed E-state index contributed by atoms with van der Waals surface area (Å²) in [6.07, 6.45) is 1.24. The molecule has 1 aliphatic rings. The number of carbonyl (C=O) groups excluding carboxylic acids is 1. The standard InChI is InChI=1S/C8H16N2O/c1-7(2)9-8(11)6-10-4-3-5-10/h7H,3-6H2,1-2H3,(H,9,11). The number of likely N-dealkylation sites (tertiary alicyclic amines) is 1. The minimum absolute atomic E-state index is 0.153. The van der Waals surface area contributed by atoms with Crippen LogP contribution in [0.5, 0.6) is 0 Å². The molecule has 1 aliphatic heterocycles. The van der Waals surface area contributed by atoms with E-state index in [0.717, 1.165) is 13.1 Å². The molecular formula is C8H16N2O. The zero-order chi connectivity index (χ0) is 8.27. The van der Waals surface area contributed by atoms with Crippen LogP contribution in [-0.4, -0.2) is 36.5 Å². The Kier molecular flexibility index (Phi) is 2.88. The summed E-state index contributed by atoms with van der Waals surface area (Å²) in [6.45, 7) is 6.72. The maximum Gasteiger partial charge on any atom is 0.234 e. The Hall–Kier alpha value is -0.570. The van der Waals surface area contributed by atoms with Gasteiger partial charge in [0.1, 0.15) is 0 Å². The van der Waals surface area contributed by atoms with Crippen LogP contribution in [0, 0.1) is 0 Å². The van der Waals surface area contributed by atoms with Gasteiger partial charge in [0.05, 0.1) is 6.54 Å². The molecule has 1 fully saturated rings. The van der Waals surface area contributed by atoms with Crippen molar-refractivity contribution in [3.63, 3.8) is 0 Å². The van der Waals surface area contributed by atoms with E-state index in [1.165, 1.54) is 6.42 Å². The van der Waals surface area contributed by atoms with Crippen LogP contribution in [0.2, 0.25) is 0 Å². The van der Waals surface area contributed by atoms with Crippen LogP contribution in [-0.2, 0) is 4.79 Å². The van der Waals surface area contributed by atoms with Crippen molar-refractivity contribution in [2.75, 3.05) is 19.6 Å². The lowest BCUT2D eigenvalue weighted by Gasteiger charge is -2.30. The van der Waals surface area contributed by atoms with Crippen molar-refractivity contribution in [3.05, 3.63) is 0 Å². The van der Waals surface area contributed by atoms with Gasteiger partial charge in [-0.3, -0.25) is 9.69 Å². The minimum atomic E-state index is 0.153. The molecule has 0 unspecified atom stereocenters. The van der Waals surface area contributed by atoms with Crippen LogP contribution in [0.1, 0.15) is 20.3 Å². The van der Waals surface area contributed by atoms with Gasteiger partial charge in [-0.25, -0.2) is 0 Å². The first-order chi connectivity index (χ1) is 5.18. The van der Waals surface area contributed by atoms with Crippen LogP contribution in [0.3, 0.4) is 0 Å². The molecule has 0 aromatic carbocycles. The first-order valence-corrected chi connectivity index (χ1v) is 4.20. The number of rotatable bonds is 3. The fraction of sp³-hybridized carbons (Fsp3) is 0.875. The van der Waals surface area contributed by atoms with E-state index in [2.05, 4.69) is 10.2 Å². The molecule has 3 nitrogen and oxygen atoms in total. The average Bonchev–Trinajstić information content (AvgIpc) is 1.77. The van der Waals surface area contributed by atoms with Crippen LogP contribution >= 0.6 is 0 Å². The van der Waals surface area contributed by atoms with E-state index < -0.39 is 0 Å². The highest BCUT2D eigenvalue weighted by molar-refractivity contribution is 5.78. The molecule has 1 saturated heterocycles. The van der Waals surface area contributed by atoms with Gasteiger partial charge >= 0.3 is 0 Å². The van der Waals surface area contributed by atoms with Crippen molar-refractivity contribution in [3.8, 4) is 0 Å². The molecule has 1 heterocycles. The summed E-state index contributed by atoms with van der Waals surface area (Å²) in [4.78, 5) is 13.3. The van der Waals surface area contributed by atoms with Crippen molar-refractivity contribution >= 4 is 5.91 Å². The highest BCUT2D eigenvalue weighted by Gasteiger charge is 2.16. The Morgan fingerprint density at radius 2 is 2.18 bits per heavy atom. The smallest absolute Gasteiger partial charge is 0.234 e. The van der Waals surface area contributed by atoms with Gasteiger partial charge in [-0.15, -0.1) is 0 Å². The quantitative estimate of drug-likeness (QED) is 0.634. The molecule has 0 bridgehead atoms. The Labute approximate surface area is 67.8 Å². The largest absolute Gasteiger partial charge is 0.353 e. The lowest BCUT2D eigenvalue weighted by Crippen LogP contribution is -2.45. The third kappa shape index (κ3) is 2.89. The molecule has 0 radical (unpaired) electrons. The summed E-state index contributed by atoms with van der Waals surface area (Å²) in [5.41, 5.74) is 0. The van der Waals surface area contributed by atoms with E-state index in [0.29, 0.717) is 6.54 Å². The number of nitrogens with one attached hydrogen (secondary N) is 1. The molecule has 0 aromatic heterocycles. The number of hydrogen-bond donors (Lipinski definition) is 1. The van der Waals surface area contributed by atoms with Gasteiger partial charge < -0.3 is 5.32 Å². The zero-order valence-electron chi connectivity index (χ0n) is 7.26. The van der Waals surface area contributed by atoms with Crippen molar-refractivity contribution in [2.45, 2.75) is 26.3 Å². The lowest BCUT2D eigenvalue weighted by molar-refractivity contribution is -0.123. The van der Waals surface area contributed by atoms with Gasteiger partial charge in [-0.1, -0.05) is 0 Å². The fourth-order valence-corrected chi connectivity index (χ4v) is 1.11. The van der Waals surface area contributed by atoms with Crippen molar-refractivity contribution < 1.29 is 4.79 Å². The highest BCUT2D eigenvalue weighted by Crippen LogP contribution is 2.03. The lowest BCUT2D eigenvalue weighted by atomic mass is 10.2. The summed E-state index contributed by atoms with van der Waals surface area (Å²) >= 11 is 0. The van der Waals surface area contributed by atoms with Crippen molar-refractivity contribution in [1.82, 2.24) is 10.2 Å². The van der Waals surface area contributed by atoms with Crippen LogP contribution < -0.4 is 5.32 Å². The zero-order valence-corrected chi connectivity index (χ0v) is 7.26. The Morgan fingerprint density at radius 1 is 1.55 bits per heavy atom. The number of hydrogen-bond acceptors (Lipinski definition) is 2. The summed E-state index contributed by atoms with van der Waals surface area (Å²) in [7, 11) is 0. The van der Waals surface area contributed by atoms with Crippen LogP contribution in [0.25, 0.3) is 0 Å². The van der Waals surface area contributed by atoms with E-state index in [4.69, 9.17) is 0 Å². The first-order valence-electron chi connectivity index (χ1n) is 4.20. The molecule has 1 amide bonds. The summed E-state index contributed by atoms with van der Waals surface area (Å²) in [5.74, 6) is 0.153. The molecule has 0 aromatic rings. The van der Waals surface area contributed by atoms with Gasteiger partial charge in [-0.05, 0) is 33.4 Å². The minimum Gasteiger partial charge on any atom is -0.353 e. The second-order valence-electron chi connectivity index (χ2n) is 3.35. The fourth-order valence-electron chi connectivity index (χ4n) is 1.11. The number of carbonyl (C=O) groups is 1. The molecule has 1 N–H and O–H groups in total. The second-order valence-corrected chi connectivity index (χ2v) is 3.35. The molecule has 3 heteroatoms. The predicted molar refractivity (Wildman–Crippen MR) is 44.3 cm³/mol. The van der Waals surface area contributed by atoms with Gasteiger partial charge in [0.25, 0.3) is 0 Å². The third-order valence-corrected chi connectivity index (χ3v) is 1.77. The molecule has 11 heavy (non-hydrogen) atoms. The van der Waals surface area contributed by atoms with E-state index in [1.807, 2.05) is 13.8 Å². The Balaban J connectivity index is 2.09. The summed E-state index contributed by atoms with van der Waals surface area (Å²) < 4.78 is 0. The number of nitrogens with zero attached hydrogens (tertiary/aromatic N) is 1. The van der Waals surface area contributed by atoms with Gasteiger partial charge in [0, 0.05) is 6.04 Å². The molecule has 64 valence electrons. The predicted octanol–water partition coefficient (Wildman–Crippen LogP) is 0.217. The summed E-state index contributed by atoms with van der Waals surface area (Å²) in [5, 5.41) is 2.86. The van der Waals surface area contributed by atoms with Gasteiger partial charge in [0.2, 0.25) is 5.91 Å². The van der Waals surface area contributed by atoms with Crippen molar-refractivity contribution in [2.24, 2.45) is 0 Å². The normalized spacial score (nSPS) is 18.1. The average molecular weight is 156 g/mol. The van der Waals surface area contributed by atoms with E-state index >= 15 is 0 Å². The SMILES string of the molecule is CC(C)NC(=O)CN1CCC1. The topological polar surface area (TPSA) is 32.3 Å². The third-order valence-electron chi connectivity index (χ3n) is 1.77. The van der Waals surface area contributed by atoms with Crippen LogP contribution in [0.15, 0.2) is 0 Å². The molecule has 0 atom stereocenters. The highest BCUT2D eigenvalue weighted by atomic mass is 16.2. The van der Waals surface area contributed by atoms with Gasteiger partial charge in [-0.2, -0.15) is 0 Å². The molecule has 0 saturated carbocycles. The molecular weight excluding hydrogens is 140 g/mol. The number of amides is 1. The monoisotopic (exact) mass is 156 g/mol. The molecule has 0 aliphatic carbocycles. The Bertz CT molecular complexity index is 141.